The van der Waals surface area contributed by atoms with Gasteiger partial charge in [0, 0.05) is 18.0 Å². The molecule has 7 heteroatoms. The fourth-order valence-corrected chi connectivity index (χ4v) is 3.92. The lowest BCUT2D eigenvalue weighted by atomic mass is 10.1. The summed E-state index contributed by atoms with van der Waals surface area (Å²) < 4.78 is 32.7. The lowest BCUT2D eigenvalue weighted by molar-refractivity contribution is 0.101. The van der Waals surface area contributed by atoms with E-state index >= 15 is 0 Å². The van der Waals surface area contributed by atoms with Gasteiger partial charge >= 0.3 is 0 Å². The number of fused-ring (bicyclic) bond motifs is 1. The topological polar surface area (TPSA) is 78.3 Å². The van der Waals surface area contributed by atoms with Crippen molar-refractivity contribution in [1.82, 2.24) is 8.96 Å². The highest BCUT2D eigenvalue weighted by Crippen LogP contribution is 2.32. The molecular weight excluding hydrogens is 340 g/mol. The fraction of sp³-hybridized carbons (Fsp3) is 0.222. The Morgan fingerprint density at radius 2 is 1.92 bits per heavy atom. The van der Waals surface area contributed by atoms with Crippen LogP contribution in [-0.2, 0) is 10.0 Å². The number of rotatable bonds is 6. The standard InChI is InChI=1S/C18H18N2O4S/c1-3-11-24-16-9-10-19-18-17(16)15(13(2)21)12-20(18)25(22,23)14-7-5-4-6-8-14/h4-10,12H,3,11H2,1-2H3. The minimum atomic E-state index is -3.87. The number of hydrogen-bond acceptors (Lipinski definition) is 5. The van der Waals surface area contributed by atoms with Gasteiger partial charge in [-0.3, -0.25) is 4.79 Å². The summed E-state index contributed by atoms with van der Waals surface area (Å²) in [5.41, 5.74) is 0.455. The zero-order valence-electron chi connectivity index (χ0n) is 14.0. The Balaban J connectivity index is 2.29. The average molecular weight is 358 g/mol. The average Bonchev–Trinajstić information content (AvgIpc) is 3.02. The molecule has 130 valence electrons. The van der Waals surface area contributed by atoms with Crippen LogP contribution in [0.1, 0.15) is 30.6 Å². The lowest BCUT2D eigenvalue weighted by Gasteiger charge is -2.08. The Bertz CT molecular complexity index is 1020. The fourth-order valence-electron chi connectivity index (χ4n) is 2.59. The molecule has 0 saturated carbocycles. The van der Waals surface area contributed by atoms with Gasteiger partial charge in [-0.1, -0.05) is 25.1 Å². The van der Waals surface area contributed by atoms with Gasteiger partial charge < -0.3 is 4.74 Å². The van der Waals surface area contributed by atoms with E-state index in [0.717, 1.165) is 10.4 Å². The monoisotopic (exact) mass is 358 g/mol. The van der Waals surface area contributed by atoms with Gasteiger partial charge in [0.1, 0.15) is 5.75 Å². The summed E-state index contributed by atoms with van der Waals surface area (Å²) in [6.45, 7) is 3.83. The normalized spacial score (nSPS) is 11.6. The molecule has 0 aliphatic rings. The van der Waals surface area contributed by atoms with Gasteiger partial charge in [-0.15, -0.1) is 0 Å². The number of aromatic nitrogens is 2. The van der Waals surface area contributed by atoms with Gasteiger partial charge in [0.2, 0.25) is 0 Å². The maximum atomic E-state index is 13.0. The van der Waals surface area contributed by atoms with Crippen molar-refractivity contribution < 1.29 is 17.9 Å². The van der Waals surface area contributed by atoms with Crippen LogP contribution < -0.4 is 4.74 Å². The third-order valence-electron chi connectivity index (χ3n) is 3.76. The molecule has 3 rings (SSSR count). The van der Waals surface area contributed by atoms with E-state index in [4.69, 9.17) is 4.74 Å². The Morgan fingerprint density at radius 3 is 2.56 bits per heavy atom. The quantitative estimate of drug-likeness (QED) is 0.632. The molecule has 0 radical (unpaired) electrons. The molecule has 0 amide bonds. The summed E-state index contributed by atoms with van der Waals surface area (Å²) in [5.74, 6) is 0.209. The van der Waals surface area contributed by atoms with Crippen LogP contribution in [0.15, 0.2) is 53.7 Å². The van der Waals surface area contributed by atoms with E-state index in [2.05, 4.69) is 4.98 Å². The molecule has 2 heterocycles. The highest BCUT2D eigenvalue weighted by atomic mass is 32.2. The van der Waals surface area contributed by atoms with Crippen molar-refractivity contribution in [2.24, 2.45) is 0 Å². The van der Waals surface area contributed by atoms with Gasteiger partial charge in [0.15, 0.2) is 11.4 Å². The summed E-state index contributed by atoms with van der Waals surface area (Å²) in [6.07, 6.45) is 3.59. The molecule has 0 unspecified atom stereocenters. The third kappa shape index (κ3) is 3.02. The molecule has 0 fully saturated rings. The molecule has 0 spiro atoms. The van der Waals surface area contributed by atoms with Crippen LogP contribution in [-0.4, -0.2) is 29.8 Å². The van der Waals surface area contributed by atoms with E-state index in [1.807, 2.05) is 6.92 Å². The minimum Gasteiger partial charge on any atom is -0.493 e. The molecule has 0 N–H and O–H groups in total. The van der Waals surface area contributed by atoms with Crippen LogP contribution in [0.2, 0.25) is 0 Å². The molecule has 0 aliphatic carbocycles. The molecule has 2 aromatic heterocycles. The van der Waals surface area contributed by atoms with E-state index in [0.29, 0.717) is 17.7 Å². The second-order valence-electron chi connectivity index (χ2n) is 5.57. The number of pyridine rings is 1. The first-order chi connectivity index (χ1) is 12.0. The minimum absolute atomic E-state index is 0.128. The second kappa shape index (κ2) is 6.68. The number of carbonyl (C=O) groups excluding carboxylic acids is 1. The molecule has 0 aliphatic heterocycles. The number of carbonyl (C=O) groups is 1. The number of ketones is 1. The van der Waals surface area contributed by atoms with Crippen LogP contribution in [0, 0.1) is 0 Å². The van der Waals surface area contributed by atoms with Crippen LogP contribution in [0.5, 0.6) is 5.75 Å². The molecule has 0 saturated heterocycles. The summed E-state index contributed by atoms with van der Waals surface area (Å²) in [7, 11) is -3.87. The Morgan fingerprint density at radius 1 is 1.20 bits per heavy atom. The van der Waals surface area contributed by atoms with Gasteiger partial charge in [-0.2, -0.15) is 0 Å². The van der Waals surface area contributed by atoms with Crippen molar-refractivity contribution in [1.29, 1.82) is 0 Å². The predicted octanol–water partition coefficient (Wildman–Crippen LogP) is 3.26. The number of benzene rings is 1. The maximum absolute atomic E-state index is 13.0. The first-order valence-electron chi connectivity index (χ1n) is 7.91. The van der Waals surface area contributed by atoms with Crippen molar-refractivity contribution in [3.8, 4) is 5.75 Å². The van der Waals surface area contributed by atoms with Crippen molar-refractivity contribution in [3.63, 3.8) is 0 Å². The van der Waals surface area contributed by atoms with Gasteiger partial charge in [0.25, 0.3) is 10.0 Å². The first kappa shape index (κ1) is 17.2. The van der Waals surface area contributed by atoms with E-state index < -0.39 is 10.0 Å². The molecule has 6 nitrogen and oxygen atoms in total. The third-order valence-corrected chi connectivity index (χ3v) is 5.42. The highest BCUT2D eigenvalue weighted by Gasteiger charge is 2.25. The number of nitrogens with zero attached hydrogens (tertiary/aromatic N) is 2. The van der Waals surface area contributed by atoms with Crippen molar-refractivity contribution in [3.05, 3.63) is 54.4 Å². The predicted molar refractivity (Wildman–Crippen MR) is 94.5 cm³/mol. The molecule has 0 bridgehead atoms. The lowest BCUT2D eigenvalue weighted by Crippen LogP contribution is -2.12. The van der Waals surface area contributed by atoms with Crippen LogP contribution >= 0.6 is 0 Å². The van der Waals surface area contributed by atoms with E-state index in [1.54, 1.807) is 24.3 Å². The molecule has 1 aromatic carbocycles. The van der Waals surface area contributed by atoms with E-state index in [-0.39, 0.29) is 21.9 Å². The Kier molecular flexibility index (Phi) is 4.59. The Hall–Kier alpha value is -2.67. The number of ether oxygens (including phenoxy) is 1. The first-order valence-corrected chi connectivity index (χ1v) is 9.35. The van der Waals surface area contributed by atoms with Crippen molar-refractivity contribution in [2.75, 3.05) is 6.61 Å². The Labute approximate surface area is 146 Å². The highest BCUT2D eigenvalue weighted by molar-refractivity contribution is 7.90. The SMILES string of the molecule is CCCOc1ccnc2c1c(C(C)=O)cn2S(=O)(=O)c1ccccc1. The second-order valence-corrected chi connectivity index (χ2v) is 7.38. The number of Topliss-reactive ketones (excluding diaryl/α,β-unsaturated/α-hetero) is 1. The van der Waals surface area contributed by atoms with E-state index in [9.17, 15) is 13.2 Å². The summed E-state index contributed by atoms with van der Waals surface area (Å²) in [4.78, 5) is 16.4. The van der Waals surface area contributed by atoms with Crippen LogP contribution in [0.25, 0.3) is 11.0 Å². The largest absolute Gasteiger partial charge is 0.493 e. The summed E-state index contributed by atoms with van der Waals surface area (Å²) in [5, 5.41) is 0.419. The molecule has 0 atom stereocenters. The van der Waals surface area contributed by atoms with Crippen LogP contribution in [0.4, 0.5) is 0 Å². The van der Waals surface area contributed by atoms with Gasteiger partial charge in [0.05, 0.1) is 16.9 Å². The molecular formula is C18H18N2O4S. The molecule has 25 heavy (non-hydrogen) atoms. The van der Waals surface area contributed by atoms with Crippen molar-refractivity contribution in [2.45, 2.75) is 25.2 Å². The summed E-state index contributed by atoms with van der Waals surface area (Å²) in [6, 6.07) is 9.69. The van der Waals surface area contributed by atoms with Gasteiger partial charge in [-0.25, -0.2) is 17.4 Å². The number of hydrogen-bond donors (Lipinski definition) is 0. The van der Waals surface area contributed by atoms with Crippen LogP contribution in [0.3, 0.4) is 0 Å². The van der Waals surface area contributed by atoms with E-state index in [1.165, 1.54) is 31.5 Å². The summed E-state index contributed by atoms with van der Waals surface area (Å²) >= 11 is 0. The maximum Gasteiger partial charge on any atom is 0.269 e. The smallest absolute Gasteiger partial charge is 0.269 e. The molecule has 3 aromatic rings. The van der Waals surface area contributed by atoms with Crippen molar-refractivity contribution >= 4 is 26.8 Å². The zero-order chi connectivity index (χ0) is 18.0. The zero-order valence-corrected chi connectivity index (χ0v) is 14.8. The van der Waals surface area contributed by atoms with Gasteiger partial charge in [-0.05, 0) is 31.5 Å².